The van der Waals surface area contributed by atoms with E-state index in [0.29, 0.717) is 0 Å². The zero-order valence-electron chi connectivity index (χ0n) is 24.2. The summed E-state index contributed by atoms with van der Waals surface area (Å²) in [7, 11) is 0. The molecule has 0 unspecified atom stereocenters. The fourth-order valence-electron chi connectivity index (χ4n) is 6.20. The average Bonchev–Trinajstić information content (AvgIpc) is 3.49. The van der Waals surface area contributed by atoms with Gasteiger partial charge in [0.15, 0.2) is 0 Å². The summed E-state index contributed by atoms with van der Waals surface area (Å²) in [6.45, 7) is 0. The van der Waals surface area contributed by atoms with Crippen molar-refractivity contribution in [3.05, 3.63) is 182 Å². The van der Waals surface area contributed by atoms with Gasteiger partial charge in [-0.3, -0.25) is 0 Å². The molecule has 0 amide bonds. The maximum absolute atomic E-state index is 2.36. The van der Waals surface area contributed by atoms with Gasteiger partial charge in [-0.2, -0.15) is 0 Å². The lowest BCUT2D eigenvalue weighted by molar-refractivity contribution is 1.13. The maximum atomic E-state index is 2.36. The van der Waals surface area contributed by atoms with Gasteiger partial charge < -0.3 is 9.47 Å². The third-order valence-corrected chi connectivity index (χ3v) is 8.37. The van der Waals surface area contributed by atoms with E-state index in [9.17, 15) is 0 Å². The van der Waals surface area contributed by atoms with E-state index >= 15 is 0 Å². The van der Waals surface area contributed by atoms with E-state index in [1.165, 1.54) is 44.1 Å². The van der Waals surface area contributed by atoms with Gasteiger partial charge in [-0.25, -0.2) is 0 Å². The van der Waals surface area contributed by atoms with Gasteiger partial charge in [0, 0.05) is 28.1 Å². The second-order valence-corrected chi connectivity index (χ2v) is 11.1. The minimum atomic E-state index is 1.12. The summed E-state index contributed by atoms with van der Waals surface area (Å²) in [5.74, 6) is 0. The zero-order chi connectivity index (χ0) is 29.3. The second kappa shape index (κ2) is 11.1. The largest absolute Gasteiger partial charge is 0.310 e. The van der Waals surface area contributed by atoms with Crippen molar-refractivity contribution in [1.29, 1.82) is 0 Å². The number of anilines is 3. The van der Waals surface area contributed by atoms with Crippen LogP contribution in [0.5, 0.6) is 0 Å². The van der Waals surface area contributed by atoms with Gasteiger partial charge in [0.1, 0.15) is 0 Å². The lowest BCUT2D eigenvalue weighted by Crippen LogP contribution is -2.09. The molecule has 8 aromatic rings. The molecule has 0 N–H and O–H groups in total. The van der Waals surface area contributed by atoms with Crippen molar-refractivity contribution >= 4 is 38.7 Å². The van der Waals surface area contributed by atoms with Crippen LogP contribution in [0.4, 0.5) is 17.1 Å². The molecule has 1 aromatic heterocycles. The molecule has 0 saturated heterocycles. The number of benzene rings is 7. The summed E-state index contributed by atoms with van der Waals surface area (Å²) in [6, 6.07) is 65.1. The van der Waals surface area contributed by atoms with Crippen molar-refractivity contribution in [2.45, 2.75) is 0 Å². The molecule has 8 rings (SSSR count). The first-order valence-corrected chi connectivity index (χ1v) is 15.0. The summed E-state index contributed by atoms with van der Waals surface area (Å²) < 4.78 is 2.36. The van der Waals surface area contributed by atoms with E-state index in [4.69, 9.17) is 0 Å². The molecule has 7 aromatic carbocycles. The van der Waals surface area contributed by atoms with Crippen molar-refractivity contribution in [3.63, 3.8) is 0 Å². The Bertz CT molecular complexity index is 2190. The molecule has 0 saturated carbocycles. The summed E-state index contributed by atoms with van der Waals surface area (Å²) in [6.07, 6.45) is 0. The normalized spacial score (nSPS) is 11.2. The zero-order valence-corrected chi connectivity index (χ0v) is 24.2. The molecule has 0 bridgehead atoms. The van der Waals surface area contributed by atoms with Gasteiger partial charge in [-0.1, -0.05) is 121 Å². The van der Waals surface area contributed by atoms with Crippen LogP contribution in [-0.4, -0.2) is 4.57 Å². The molecule has 0 atom stereocenters. The summed E-state index contributed by atoms with van der Waals surface area (Å²) >= 11 is 0. The molecule has 1 heterocycles. The Balaban J connectivity index is 1.15. The molecule has 0 spiro atoms. The molecular formula is C42H30N2. The van der Waals surface area contributed by atoms with Gasteiger partial charge in [0.05, 0.1) is 11.2 Å². The Kier molecular flexibility index (Phi) is 6.51. The Morgan fingerprint density at radius 2 is 0.886 bits per heavy atom. The van der Waals surface area contributed by atoms with Crippen LogP contribution in [0.1, 0.15) is 0 Å². The van der Waals surface area contributed by atoms with Crippen LogP contribution in [-0.2, 0) is 0 Å². The maximum Gasteiger partial charge on any atom is 0.0540 e. The van der Waals surface area contributed by atoms with Crippen molar-refractivity contribution in [2.24, 2.45) is 0 Å². The predicted octanol–water partition coefficient (Wildman–Crippen LogP) is 11.6. The highest BCUT2D eigenvalue weighted by Crippen LogP contribution is 2.37. The Morgan fingerprint density at radius 1 is 0.341 bits per heavy atom. The topological polar surface area (TPSA) is 8.17 Å². The highest BCUT2D eigenvalue weighted by atomic mass is 15.1. The van der Waals surface area contributed by atoms with Crippen LogP contribution in [0.25, 0.3) is 49.7 Å². The van der Waals surface area contributed by atoms with Crippen molar-refractivity contribution < 1.29 is 0 Å². The van der Waals surface area contributed by atoms with E-state index < -0.39 is 0 Å². The number of aromatic nitrogens is 1. The van der Waals surface area contributed by atoms with E-state index in [-0.39, 0.29) is 0 Å². The molecular weight excluding hydrogens is 532 g/mol. The van der Waals surface area contributed by atoms with Crippen LogP contribution >= 0.6 is 0 Å². The highest BCUT2D eigenvalue weighted by molar-refractivity contribution is 5.90. The monoisotopic (exact) mass is 562 g/mol. The summed E-state index contributed by atoms with van der Waals surface area (Å²) in [4.78, 5) is 2.32. The van der Waals surface area contributed by atoms with Crippen LogP contribution in [0.15, 0.2) is 182 Å². The minimum absolute atomic E-state index is 1.12. The number of fused-ring (bicyclic) bond motifs is 2. The SMILES string of the molecule is c1ccc(-c2cc3ccccc3n2-c2ccc(-c3ccc(N(c4ccccc4)c4ccc5ccccc5c4)cc3)cc2)cc1. The van der Waals surface area contributed by atoms with E-state index in [0.717, 1.165) is 22.7 Å². The third kappa shape index (κ3) is 4.73. The molecule has 44 heavy (non-hydrogen) atoms. The quantitative estimate of drug-likeness (QED) is 0.196. The fourth-order valence-corrected chi connectivity index (χ4v) is 6.20. The first kappa shape index (κ1) is 25.8. The van der Waals surface area contributed by atoms with Crippen LogP contribution in [0.3, 0.4) is 0 Å². The van der Waals surface area contributed by atoms with Crippen LogP contribution < -0.4 is 4.90 Å². The van der Waals surface area contributed by atoms with E-state index in [2.05, 4.69) is 191 Å². The lowest BCUT2D eigenvalue weighted by atomic mass is 10.0. The highest BCUT2D eigenvalue weighted by Gasteiger charge is 2.14. The van der Waals surface area contributed by atoms with E-state index in [1.807, 2.05) is 0 Å². The second-order valence-electron chi connectivity index (χ2n) is 11.1. The van der Waals surface area contributed by atoms with Gasteiger partial charge in [0.2, 0.25) is 0 Å². The number of para-hydroxylation sites is 2. The Morgan fingerprint density at radius 3 is 1.61 bits per heavy atom. The Labute approximate surface area is 257 Å². The minimum Gasteiger partial charge on any atom is -0.310 e. The number of hydrogen-bond acceptors (Lipinski definition) is 1. The molecule has 0 fully saturated rings. The first-order valence-electron chi connectivity index (χ1n) is 15.0. The molecule has 208 valence electrons. The molecule has 0 aliphatic heterocycles. The van der Waals surface area contributed by atoms with Gasteiger partial charge in [-0.15, -0.1) is 0 Å². The standard InChI is InChI=1S/C42H30N2/c1-3-12-34(13-4-1)42-30-36-15-9-10-18-41(36)44(42)39-26-21-33(22-27-39)32-19-24-38(25-20-32)43(37-16-5-2-6-17-37)40-28-23-31-11-7-8-14-35(31)29-40/h1-30H. The fraction of sp³-hybridized carbons (Fsp3) is 0. The first-order chi connectivity index (χ1) is 21.8. The van der Waals surface area contributed by atoms with Gasteiger partial charge in [-0.05, 0) is 88.1 Å². The number of hydrogen-bond donors (Lipinski definition) is 0. The molecule has 0 radical (unpaired) electrons. The van der Waals surface area contributed by atoms with Gasteiger partial charge in [0.25, 0.3) is 0 Å². The van der Waals surface area contributed by atoms with E-state index in [1.54, 1.807) is 0 Å². The Hall–Kier alpha value is -5.86. The average molecular weight is 563 g/mol. The molecule has 0 aliphatic carbocycles. The van der Waals surface area contributed by atoms with Crippen molar-refractivity contribution in [1.82, 2.24) is 4.57 Å². The van der Waals surface area contributed by atoms with Gasteiger partial charge >= 0.3 is 0 Å². The third-order valence-electron chi connectivity index (χ3n) is 8.37. The van der Waals surface area contributed by atoms with Crippen LogP contribution in [0.2, 0.25) is 0 Å². The van der Waals surface area contributed by atoms with Crippen LogP contribution in [0, 0.1) is 0 Å². The molecule has 0 aliphatic rings. The van der Waals surface area contributed by atoms with Crippen molar-refractivity contribution in [2.75, 3.05) is 4.90 Å². The predicted molar refractivity (Wildman–Crippen MR) is 186 cm³/mol. The molecule has 2 heteroatoms. The van der Waals surface area contributed by atoms with Crippen molar-refractivity contribution in [3.8, 4) is 28.1 Å². The summed E-state index contributed by atoms with van der Waals surface area (Å²) in [5, 5.41) is 3.71. The lowest BCUT2D eigenvalue weighted by Gasteiger charge is -2.26. The summed E-state index contributed by atoms with van der Waals surface area (Å²) in [5.41, 5.74) is 10.5. The molecule has 2 nitrogen and oxygen atoms in total. The number of nitrogens with zero attached hydrogens (tertiary/aromatic N) is 2. The number of rotatable bonds is 6. The smallest absolute Gasteiger partial charge is 0.0540 e.